The van der Waals surface area contributed by atoms with Gasteiger partial charge in [0.2, 0.25) is 11.8 Å². The van der Waals surface area contributed by atoms with Gasteiger partial charge in [0.25, 0.3) is 10.0 Å². The zero-order valence-electron chi connectivity index (χ0n) is 23.8. The van der Waals surface area contributed by atoms with Crippen LogP contribution in [0.3, 0.4) is 0 Å². The number of para-hydroxylation sites is 1. The molecule has 0 aliphatic heterocycles. The summed E-state index contributed by atoms with van der Waals surface area (Å²) in [7, 11) is -2.76. The molecule has 4 aromatic rings. The number of nitrogens with zero attached hydrogens (tertiary/aromatic N) is 2. The Bertz CT molecular complexity index is 1660. The van der Waals surface area contributed by atoms with E-state index < -0.39 is 34.4 Å². The van der Waals surface area contributed by atoms with E-state index in [1.54, 1.807) is 73.7 Å². The van der Waals surface area contributed by atoms with Gasteiger partial charge in [0.1, 0.15) is 24.1 Å². The fraction of sp³-hybridized carbons (Fsp3) is 0.188. The van der Waals surface area contributed by atoms with Crippen LogP contribution in [0.1, 0.15) is 18.1 Å². The van der Waals surface area contributed by atoms with E-state index in [1.165, 1.54) is 24.1 Å². The molecule has 0 saturated carbocycles. The highest BCUT2D eigenvalue weighted by atomic mass is 35.5. The Morgan fingerprint density at radius 3 is 2.00 bits per heavy atom. The number of anilines is 1. The lowest BCUT2D eigenvalue weighted by Gasteiger charge is -2.32. The molecule has 4 aromatic carbocycles. The third-order valence-corrected chi connectivity index (χ3v) is 9.29. The molecule has 0 saturated heterocycles. The Balaban J connectivity index is 1.73. The minimum atomic E-state index is -4.22. The molecule has 4 rings (SSSR count). The van der Waals surface area contributed by atoms with Crippen molar-refractivity contribution >= 4 is 50.7 Å². The highest BCUT2D eigenvalue weighted by Gasteiger charge is 2.33. The molecule has 1 N–H and O–H groups in total. The highest BCUT2D eigenvalue weighted by molar-refractivity contribution is 7.92. The van der Waals surface area contributed by atoms with Crippen LogP contribution in [0.25, 0.3) is 0 Å². The Kier molecular flexibility index (Phi) is 10.3. The molecule has 0 bridgehead atoms. The first kappa shape index (κ1) is 31.9. The number of ether oxygens (including phenoxy) is 1. The highest BCUT2D eigenvalue weighted by Crippen LogP contribution is 2.30. The van der Waals surface area contributed by atoms with E-state index in [1.807, 2.05) is 25.1 Å². The number of likely N-dealkylation sites (N-methyl/N-ethyl adjacent to an activating group) is 1. The number of aryl methyl sites for hydroxylation is 1. The van der Waals surface area contributed by atoms with Crippen molar-refractivity contribution in [2.75, 3.05) is 17.9 Å². The lowest BCUT2D eigenvalue weighted by molar-refractivity contribution is -0.139. The van der Waals surface area contributed by atoms with Crippen molar-refractivity contribution in [1.29, 1.82) is 0 Å². The van der Waals surface area contributed by atoms with Crippen molar-refractivity contribution in [3.05, 3.63) is 118 Å². The quantitative estimate of drug-likeness (QED) is 0.203. The average Bonchev–Trinajstić information content (AvgIpc) is 3.00. The molecule has 224 valence electrons. The van der Waals surface area contributed by atoms with Gasteiger partial charge >= 0.3 is 0 Å². The van der Waals surface area contributed by atoms with Gasteiger partial charge in [-0.3, -0.25) is 13.9 Å². The van der Waals surface area contributed by atoms with E-state index >= 15 is 0 Å². The Labute approximate surface area is 261 Å². The SMILES string of the molecule is CNC(=O)[C@H](C)N(Cc1c(Cl)cccc1Cl)C(=O)CN(c1ccc(Oc2ccccc2)cc1)S(=O)(=O)c1ccc(C)cc1. The largest absolute Gasteiger partial charge is 0.457 e. The van der Waals surface area contributed by atoms with Gasteiger partial charge in [-0.2, -0.15) is 0 Å². The number of nitrogens with one attached hydrogen (secondary N) is 1. The maximum Gasteiger partial charge on any atom is 0.264 e. The number of benzene rings is 4. The van der Waals surface area contributed by atoms with Crippen LogP contribution in [0.15, 0.2) is 102 Å². The summed E-state index contributed by atoms with van der Waals surface area (Å²) in [5.74, 6) is 0.0306. The van der Waals surface area contributed by atoms with E-state index in [-0.39, 0.29) is 17.1 Å². The van der Waals surface area contributed by atoms with Crippen LogP contribution in [-0.2, 0) is 26.2 Å². The number of sulfonamides is 1. The first-order valence-electron chi connectivity index (χ1n) is 13.4. The van der Waals surface area contributed by atoms with Crippen LogP contribution in [-0.4, -0.2) is 44.8 Å². The number of carbonyl (C=O) groups excluding carboxylic acids is 2. The molecule has 2 amide bonds. The van der Waals surface area contributed by atoms with Crippen LogP contribution in [0.4, 0.5) is 5.69 Å². The normalized spacial score (nSPS) is 11.8. The van der Waals surface area contributed by atoms with Gasteiger partial charge in [-0.05, 0) is 74.5 Å². The summed E-state index contributed by atoms with van der Waals surface area (Å²) < 4.78 is 34.9. The predicted molar refractivity (Wildman–Crippen MR) is 169 cm³/mol. The Hall–Kier alpha value is -4.05. The predicted octanol–water partition coefficient (Wildman–Crippen LogP) is 6.45. The number of amides is 2. The number of carbonyl (C=O) groups is 2. The summed E-state index contributed by atoms with van der Waals surface area (Å²) in [6.07, 6.45) is 0. The molecule has 0 aliphatic carbocycles. The zero-order valence-corrected chi connectivity index (χ0v) is 26.2. The van der Waals surface area contributed by atoms with Gasteiger partial charge < -0.3 is 15.0 Å². The smallest absolute Gasteiger partial charge is 0.264 e. The molecule has 8 nitrogen and oxygen atoms in total. The maximum atomic E-state index is 14.0. The molecule has 11 heteroatoms. The minimum absolute atomic E-state index is 0.00978. The molecule has 0 aromatic heterocycles. The number of halogens is 2. The van der Waals surface area contributed by atoms with E-state index in [4.69, 9.17) is 27.9 Å². The van der Waals surface area contributed by atoms with Gasteiger partial charge in [-0.1, -0.05) is 65.2 Å². The summed E-state index contributed by atoms with van der Waals surface area (Å²) in [4.78, 5) is 27.9. The minimum Gasteiger partial charge on any atom is -0.457 e. The van der Waals surface area contributed by atoms with Crippen LogP contribution in [0, 0.1) is 6.92 Å². The van der Waals surface area contributed by atoms with Gasteiger partial charge in [-0.15, -0.1) is 0 Å². The molecule has 1 atom stereocenters. The second kappa shape index (κ2) is 13.9. The zero-order chi connectivity index (χ0) is 31.1. The molecule has 43 heavy (non-hydrogen) atoms. The summed E-state index contributed by atoms with van der Waals surface area (Å²) in [6.45, 7) is 2.68. The van der Waals surface area contributed by atoms with Crippen molar-refractivity contribution in [1.82, 2.24) is 10.2 Å². The van der Waals surface area contributed by atoms with E-state index in [0.717, 1.165) is 9.87 Å². The summed E-state index contributed by atoms with van der Waals surface area (Å²) in [5.41, 5.74) is 1.55. The van der Waals surface area contributed by atoms with Gasteiger partial charge in [0.15, 0.2) is 0 Å². The van der Waals surface area contributed by atoms with Crippen molar-refractivity contribution in [2.45, 2.75) is 31.3 Å². The van der Waals surface area contributed by atoms with Crippen molar-refractivity contribution < 1.29 is 22.7 Å². The molecule has 0 radical (unpaired) electrons. The molecule has 0 spiro atoms. The molecular weight excluding hydrogens is 609 g/mol. The standard InChI is InChI=1S/C32H31Cl2N3O5S/c1-22-12-18-27(19-13-22)43(40,41)37(24-14-16-26(17-15-24)42-25-8-5-4-6-9-25)21-31(38)36(23(2)32(39)35-3)20-28-29(33)10-7-11-30(28)34/h4-19,23H,20-21H2,1-3H3,(H,35,39)/t23-/m0/s1. The third kappa shape index (κ3) is 7.67. The lowest BCUT2D eigenvalue weighted by atomic mass is 10.1. The van der Waals surface area contributed by atoms with Gasteiger partial charge in [0.05, 0.1) is 10.6 Å². The van der Waals surface area contributed by atoms with Gasteiger partial charge in [-0.25, -0.2) is 8.42 Å². The van der Waals surface area contributed by atoms with E-state index in [2.05, 4.69) is 5.32 Å². The fourth-order valence-corrected chi connectivity index (χ4v) is 6.25. The van der Waals surface area contributed by atoms with Crippen molar-refractivity contribution in [3.63, 3.8) is 0 Å². The first-order chi connectivity index (χ1) is 20.5. The average molecular weight is 641 g/mol. The van der Waals surface area contributed by atoms with Crippen molar-refractivity contribution in [2.24, 2.45) is 0 Å². The van der Waals surface area contributed by atoms with E-state index in [0.29, 0.717) is 27.1 Å². The van der Waals surface area contributed by atoms with Crippen LogP contribution in [0.5, 0.6) is 11.5 Å². The monoisotopic (exact) mass is 639 g/mol. The first-order valence-corrected chi connectivity index (χ1v) is 15.6. The number of rotatable bonds is 11. The molecule has 0 fully saturated rings. The molecule has 0 unspecified atom stereocenters. The summed E-state index contributed by atoms with van der Waals surface area (Å²) in [5, 5.41) is 3.17. The molecule has 0 heterocycles. The second-order valence-corrected chi connectivity index (χ2v) is 12.4. The fourth-order valence-electron chi connectivity index (χ4n) is 4.32. The number of hydrogen-bond acceptors (Lipinski definition) is 5. The molecule has 0 aliphatic rings. The van der Waals surface area contributed by atoms with Crippen LogP contribution < -0.4 is 14.4 Å². The Morgan fingerprint density at radius 2 is 1.42 bits per heavy atom. The topological polar surface area (TPSA) is 96.0 Å². The maximum absolute atomic E-state index is 14.0. The third-order valence-electron chi connectivity index (χ3n) is 6.80. The summed E-state index contributed by atoms with van der Waals surface area (Å²) >= 11 is 12.8. The summed E-state index contributed by atoms with van der Waals surface area (Å²) in [6, 6.07) is 25.8. The van der Waals surface area contributed by atoms with Crippen LogP contribution in [0.2, 0.25) is 10.0 Å². The Morgan fingerprint density at radius 1 is 0.837 bits per heavy atom. The van der Waals surface area contributed by atoms with Gasteiger partial charge in [0, 0.05) is 29.2 Å². The number of hydrogen-bond donors (Lipinski definition) is 1. The van der Waals surface area contributed by atoms with Crippen molar-refractivity contribution in [3.8, 4) is 11.5 Å². The lowest BCUT2D eigenvalue weighted by Crippen LogP contribution is -2.50. The molecular formula is C32H31Cl2N3O5S. The van der Waals surface area contributed by atoms with Crippen LogP contribution >= 0.6 is 23.2 Å². The second-order valence-electron chi connectivity index (χ2n) is 9.75. The van der Waals surface area contributed by atoms with E-state index in [9.17, 15) is 18.0 Å².